The summed E-state index contributed by atoms with van der Waals surface area (Å²) < 4.78 is 22.1. The SMILES string of the molecule is CCOC(=O)c1nn(-c2ccccc2C)c(=O)cc1OCC(=O)Nc1cc(OC)ccc1OC. The minimum atomic E-state index is -0.783. The first-order valence-corrected chi connectivity index (χ1v) is 10.4. The first-order valence-electron chi connectivity index (χ1n) is 10.4. The van der Waals surface area contributed by atoms with E-state index in [4.69, 9.17) is 18.9 Å². The lowest BCUT2D eigenvalue weighted by Crippen LogP contribution is -2.27. The standard InChI is InChI=1S/C24H25N3O7/c1-5-33-24(30)23-20(13-22(29)27(26-23)18-9-7-6-8-15(18)2)34-14-21(28)25-17-12-16(31-3)10-11-19(17)32-4/h6-13H,5,14H2,1-4H3,(H,25,28). The van der Waals surface area contributed by atoms with Gasteiger partial charge in [0.1, 0.15) is 11.5 Å². The molecule has 0 atom stereocenters. The minimum Gasteiger partial charge on any atom is -0.497 e. The maximum absolute atomic E-state index is 12.8. The maximum Gasteiger partial charge on any atom is 0.362 e. The van der Waals surface area contributed by atoms with Gasteiger partial charge in [0.25, 0.3) is 11.5 Å². The number of benzene rings is 2. The zero-order chi connectivity index (χ0) is 24.7. The Bertz CT molecular complexity index is 1250. The van der Waals surface area contributed by atoms with Crippen molar-refractivity contribution >= 4 is 17.6 Å². The third kappa shape index (κ3) is 5.52. The third-order valence-electron chi connectivity index (χ3n) is 4.75. The molecule has 10 heteroatoms. The van der Waals surface area contributed by atoms with Crippen LogP contribution < -0.4 is 25.1 Å². The molecule has 0 aliphatic rings. The maximum atomic E-state index is 12.8. The average Bonchev–Trinajstić information content (AvgIpc) is 2.83. The van der Waals surface area contributed by atoms with Crippen LogP contribution in [0.15, 0.2) is 53.3 Å². The Hall–Kier alpha value is -4.34. The number of aryl methyl sites for hydroxylation is 1. The highest BCUT2D eigenvalue weighted by Gasteiger charge is 2.21. The van der Waals surface area contributed by atoms with Crippen molar-refractivity contribution in [1.82, 2.24) is 9.78 Å². The van der Waals surface area contributed by atoms with Gasteiger partial charge < -0.3 is 24.3 Å². The predicted octanol–water partition coefficient (Wildman–Crippen LogP) is 2.75. The molecule has 0 spiro atoms. The van der Waals surface area contributed by atoms with Crippen molar-refractivity contribution in [2.45, 2.75) is 13.8 Å². The number of nitrogens with one attached hydrogen (secondary N) is 1. The number of aromatic nitrogens is 2. The Balaban J connectivity index is 1.87. The van der Waals surface area contributed by atoms with Crippen LogP contribution in [0.3, 0.4) is 0 Å². The van der Waals surface area contributed by atoms with Crippen molar-refractivity contribution < 1.29 is 28.5 Å². The molecule has 3 rings (SSSR count). The lowest BCUT2D eigenvalue weighted by Gasteiger charge is -2.14. The molecule has 178 valence electrons. The van der Waals surface area contributed by atoms with Crippen LogP contribution in [0.4, 0.5) is 5.69 Å². The fraction of sp³-hybridized carbons (Fsp3) is 0.250. The Labute approximate surface area is 196 Å². The molecule has 0 saturated heterocycles. The Kier molecular flexibility index (Phi) is 7.86. The molecule has 0 fully saturated rings. The van der Waals surface area contributed by atoms with E-state index in [2.05, 4.69) is 10.4 Å². The number of ether oxygens (including phenoxy) is 4. The Morgan fingerprint density at radius 3 is 2.47 bits per heavy atom. The monoisotopic (exact) mass is 467 g/mol. The Morgan fingerprint density at radius 1 is 1.03 bits per heavy atom. The summed E-state index contributed by atoms with van der Waals surface area (Å²) in [7, 11) is 2.97. The summed E-state index contributed by atoms with van der Waals surface area (Å²) in [6.45, 7) is 3.06. The first kappa shape index (κ1) is 24.3. The summed E-state index contributed by atoms with van der Waals surface area (Å²) in [5.74, 6) is -0.560. The minimum absolute atomic E-state index is 0.0968. The quantitative estimate of drug-likeness (QED) is 0.478. The van der Waals surface area contributed by atoms with E-state index in [9.17, 15) is 14.4 Å². The lowest BCUT2D eigenvalue weighted by atomic mass is 10.2. The molecule has 0 bridgehead atoms. The van der Waals surface area contributed by atoms with Gasteiger partial charge in [-0.1, -0.05) is 18.2 Å². The summed E-state index contributed by atoms with van der Waals surface area (Å²) >= 11 is 0. The molecule has 0 radical (unpaired) electrons. The normalized spacial score (nSPS) is 10.4. The fourth-order valence-corrected chi connectivity index (χ4v) is 3.11. The van der Waals surface area contributed by atoms with Gasteiger partial charge in [-0.05, 0) is 37.6 Å². The van der Waals surface area contributed by atoms with E-state index in [0.29, 0.717) is 22.9 Å². The summed E-state index contributed by atoms with van der Waals surface area (Å²) in [6.07, 6.45) is 0. The highest BCUT2D eigenvalue weighted by Crippen LogP contribution is 2.29. The van der Waals surface area contributed by atoms with Gasteiger partial charge in [-0.15, -0.1) is 0 Å². The summed E-state index contributed by atoms with van der Waals surface area (Å²) in [5.41, 5.74) is 0.900. The molecule has 0 saturated carbocycles. The number of amides is 1. The topological polar surface area (TPSA) is 118 Å². The second-order valence-electron chi connectivity index (χ2n) is 7.02. The zero-order valence-corrected chi connectivity index (χ0v) is 19.3. The molecule has 2 aromatic carbocycles. The van der Waals surface area contributed by atoms with E-state index < -0.39 is 24.0 Å². The third-order valence-corrected chi connectivity index (χ3v) is 4.75. The van der Waals surface area contributed by atoms with E-state index in [-0.39, 0.29) is 18.1 Å². The summed E-state index contributed by atoms with van der Waals surface area (Å²) in [6, 6.07) is 13.1. The van der Waals surface area contributed by atoms with Crippen LogP contribution in [0.5, 0.6) is 17.2 Å². The van der Waals surface area contributed by atoms with Gasteiger partial charge in [0.15, 0.2) is 12.4 Å². The van der Waals surface area contributed by atoms with Crippen molar-refractivity contribution in [2.75, 3.05) is 32.8 Å². The number of hydrogen-bond acceptors (Lipinski definition) is 8. The smallest absolute Gasteiger partial charge is 0.362 e. The van der Waals surface area contributed by atoms with Gasteiger partial charge in [0.05, 0.1) is 38.3 Å². The van der Waals surface area contributed by atoms with Crippen LogP contribution in [-0.2, 0) is 9.53 Å². The van der Waals surface area contributed by atoms with Gasteiger partial charge in [0, 0.05) is 6.07 Å². The molecule has 1 heterocycles. The second kappa shape index (κ2) is 11.0. The zero-order valence-electron chi connectivity index (χ0n) is 19.3. The second-order valence-corrected chi connectivity index (χ2v) is 7.02. The van der Waals surface area contributed by atoms with Gasteiger partial charge >= 0.3 is 5.97 Å². The van der Waals surface area contributed by atoms with Crippen molar-refractivity contribution in [3.63, 3.8) is 0 Å². The molecular weight excluding hydrogens is 442 g/mol. The number of methoxy groups -OCH3 is 2. The van der Waals surface area contributed by atoms with Crippen LogP contribution in [-0.4, -0.2) is 49.1 Å². The van der Waals surface area contributed by atoms with Gasteiger partial charge in [-0.2, -0.15) is 9.78 Å². The molecule has 1 aromatic heterocycles. The molecule has 1 N–H and O–H groups in total. The fourth-order valence-electron chi connectivity index (χ4n) is 3.11. The van der Waals surface area contributed by atoms with E-state index in [1.165, 1.54) is 14.2 Å². The van der Waals surface area contributed by atoms with Crippen molar-refractivity contribution in [3.8, 4) is 22.9 Å². The molecule has 0 unspecified atom stereocenters. The molecule has 3 aromatic rings. The highest BCUT2D eigenvalue weighted by molar-refractivity contribution is 5.94. The molecule has 10 nitrogen and oxygen atoms in total. The molecule has 1 amide bonds. The van der Waals surface area contributed by atoms with Gasteiger partial charge in [0.2, 0.25) is 5.69 Å². The van der Waals surface area contributed by atoms with Crippen molar-refractivity contribution in [2.24, 2.45) is 0 Å². The number of hydrogen-bond donors (Lipinski definition) is 1. The number of para-hydroxylation sites is 1. The van der Waals surface area contributed by atoms with Crippen molar-refractivity contribution in [3.05, 3.63) is 70.1 Å². The van der Waals surface area contributed by atoms with E-state index in [1.54, 1.807) is 37.3 Å². The number of carbonyl (C=O) groups excluding carboxylic acids is 2. The lowest BCUT2D eigenvalue weighted by molar-refractivity contribution is -0.118. The molecule has 0 aliphatic heterocycles. The number of carbonyl (C=O) groups is 2. The van der Waals surface area contributed by atoms with Crippen LogP contribution >= 0.6 is 0 Å². The molecular formula is C24H25N3O7. The van der Waals surface area contributed by atoms with E-state index in [1.807, 2.05) is 19.1 Å². The molecule has 0 aliphatic carbocycles. The van der Waals surface area contributed by atoms with Crippen molar-refractivity contribution in [1.29, 1.82) is 0 Å². The van der Waals surface area contributed by atoms with Gasteiger partial charge in [-0.3, -0.25) is 9.59 Å². The Morgan fingerprint density at radius 2 is 1.79 bits per heavy atom. The number of esters is 1. The average molecular weight is 467 g/mol. The van der Waals surface area contributed by atoms with Crippen LogP contribution in [0.1, 0.15) is 23.0 Å². The number of nitrogens with zero attached hydrogens (tertiary/aromatic N) is 2. The van der Waals surface area contributed by atoms with Crippen LogP contribution in [0.2, 0.25) is 0 Å². The summed E-state index contributed by atoms with van der Waals surface area (Å²) in [4.78, 5) is 37.8. The number of anilines is 1. The van der Waals surface area contributed by atoms with Crippen LogP contribution in [0.25, 0.3) is 5.69 Å². The number of rotatable bonds is 9. The molecule has 34 heavy (non-hydrogen) atoms. The van der Waals surface area contributed by atoms with Crippen LogP contribution in [0, 0.1) is 6.92 Å². The summed E-state index contributed by atoms with van der Waals surface area (Å²) in [5, 5.41) is 6.82. The largest absolute Gasteiger partial charge is 0.497 e. The first-order chi connectivity index (χ1) is 16.4. The van der Waals surface area contributed by atoms with E-state index >= 15 is 0 Å². The highest BCUT2D eigenvalue weighted by atomic mass is 16.5. The predicted molar refractivity (Wildman–Crippen MR) is 124 cm³/mol. The van der Waals surface area contributed by atoms with Gasteiger partial charge in [-0.25, -0.2) is 4.79 Å². The van der Waals surface area contributed by atoms with E-state index in [0.717, 1.165) is 16.3 Å².